The second-order valence-electron chi connectivity index (χ2n) is 5.22. The number of nitrogens with zero attached hydrogens (tertiary/aromatic N) is 1. The summed E-state index contributed by atoms with van der Waals surface area (Å²) in [6.45, 7) is 0. The number of anilines is 1. The lowest BCUT2D eigenvalue weighted by Gasteiger charge is -2.35. The minimum Gasteiger partial charge on any atom is -0.481 e. The molecule has 0 unspecified atom stereocenters. The Morgan fingerprint density at radius 2 is 2.10 bits per heavy atom. The van der Waals surface area contributed by atoms with E-state index in [0.717, 1.165) is 29.9 Å². The minimum absolute atomic E-state index is 0.280. The summed E-state index contributed by atoms with van der Waals surface area (Å²) in [7, 11) is 0. The van der Waals surface area contributed by atoms with Gasteiger partial charge in [-0.3, -0.25) is 4.79 Å². The molecule has 1 aliphatic rings. The van der Waals surface area contributed by atoms with E-state index in [1.54, 1.807) is 6.20 Å². The zero-order valence-corrected chi connectivity index (χ0v) is 11.0. The van der Waals surface area contributed by atoms with Gasteiger partial charge in [0.2, 0.25) is 0 Å². The van der Waals surface area contributed by atoms with Crippen LogP contribution < -0.4 is 5.32 Å². The molecule has 1 fully saturated rings. The number of carboxylic acid groups (broad SMARTS) is 1. The van der Waals surface area contributed by atoms with Crippen molar-refractivity contribution >= 4 is 11.7 Å². The minimum atomic E-state index is -0.704. The van der Waals surface area contributed by atoms with Gasteiger partial charge in [0.1, 0.15) is 0 Å². The van der Waals surface area contributed by atoms with Crippen molar-refractivity contribution in [3.8, 4) is 11.3 Å². The van der Waals surface area contributed by atoms with Crippen LogP contribution >= 0.6 is 0 Å². The van der Waals surface area contributed by atoms with Crippen LogP contribution in [0.3, 0.4) is 0 Å². The maximum absolute atomic E-state index is 10.6. The summed E-state index contributed by atoms with van der Waals surface area (Å²) in [6, 6.07) is 8.35. The van der Waals surface area contributed by atoms with Crippen LogP contribution in [0, 0.1) is 5.92 Å². The van der Waals surface area contributed by atoms with Gasteiger partial charge in [-0.25, -0.2) is 4.98 Å². The number of aromatic nitrogens is 1. The van der Waals surface area contributed by atoms with Crippen molar-refractivity contribution in [3.05, 3.63) is 36.9 Å². The molecular weight excluding hydrogens is 256 g/mol. The molecule has 5 nitrogen and oxygen atoms in total. The second kappa shape index (κ2) is 5.36. The van der Waals surface area contributed by atoms with Crippen LogP contribution in [0.1, 0.15) is 19.3 Å². The van der Waals surface area contributed by atoms with Crippen molar-refractivity contribution in [2.75, 3.05) is 5.32 Å². The Balaban J connectivity index is 1.54. The fourth-order valence-electron chi connectivity index (χ4n) is 2.59. The Hall–Kier alpha value is -2.30. The van der Waals surface area contributed by atoms with Crippen LogP contribution in [0.25, 0.3) is 11.3 Å². The van der Waals surface area contributed by atoms with Crippen molar-refractivity contribution in [2.45, 2.75) is 25.3 Å². The smallest absolute Gasteiger partial charge is 0.303 e. The predicted molar refractivity (Wildman–Crippen MR) is 74.3 cm³/mol. The molecule has 0 spiro atoms. The lowest BCUT2D eigenvalue weighted by molar-refractivity contribution is -0.138. The molecule has 0 amide bonds. The summed E-state index contributed by atoms with van der Waals surface area (Å²) in [5.74, 6) is 0.366. The SMILES string of the molecule is O=C(O)CC1CC(Nc2ccc(-c3cnco3)cc2)C1. The van der Waals surface area contributed by atoms with Crippen molar-refractivity contribution in [3.63, 3.8) is 0 Å². The molecule has 1 aliphatic carbocycles. The van der Waals surface area contributed by atoms with Gasteiger partial charge in [0.05, 0.1) is 6.20 Å². The first-order valence-electron chi connectivity index (χ1n) is 6.68. The first-order valence-corrected chi connectivity index (χ1v) is 6.68. The quantitative estimate of drug-likeness (QED) is 0.875. The number of hydrogen-bond acceptors (Lipinski definition) is 4. The van der Waals surface area contributed by atoms with Crippen LogP contribution in [0.5, 0.6) is 0 Å². The summed E-state index contributed by atoms with van der Waals surface area (Å²) in [5, 5.41) is 12.1. The number of aliphatic carboxylic acids is 1. The monoisotopic (exact) mass is 272 g/mol. The third-order valence-corrected chi connectivity index (χ3v) is 3.67. The van der Waals surface area contributed by atoms with Crippen LogP contribution in [0.2, 0.25) is 0 Å². The number of rotatable bonds is 5. The summed E-state index contributed by atoms with van der Waals surface area (Å²) < 4.78 is 5.24. The van der Waals surface area contributed by atoms with Gasteiger partial charge in [-0.2, -0.15) is 0 Å². The van der Waals surface area contributed by atoms with E-state index < -0.39 is 5.97 Å². The molecule has 2 aromatic rings. The first-order chi connectivity index (χ1) is 9.70. The fourth-order valence-corrected chi connectivity index (χ4v) is 2.59. The summed E-state index contributed by atoms with van der Waals surface area (Å²) in [5.41, 5.74) is 2.04. The van der Waals surface area contributed by atoms with E-state index in [1.807, 2.05) is 24.3 Å². The largest absolute Gasteiger partial charge is 0.481 e. The third-order valence-electron chi connectivity index (χ3n) is 3.67. The average molecular weight is 272 g/mol. The number of oxazole rings is 1. The van der Waals surface area contributed by atoms with Crippen LogP contribution in [-0.2, 0) is 4.79 Å². The van der Waals surface area contributed by atoms with Gasteiger partial charge in [-0.1, -0.05) is 0 Å². The zero-order chi connectivity index (χ0) is 13.9. The number of carboxylic acids is 1. The Labute approximate surface area is 116 Å². The highest BCUT2D eigenvalue weighted by Gasteiger charge is 2.30. The number of hydrogen-bond donors (Lipinski definition) is 2. The maximum Gasteiger partial charge on any atom is 0.303 e. The molecular formula is C15H16N2O3. The third kappa shape index (κ3) is 2.82. The molecule has 1 aromatic carbocycles. The highest BCUT2D eigenvalue weighted by atomic mass is 16.4. The van der Waals surface area contributed by atoms with E-state index in [1.165, 1.54) is 6.39 Å². The highest BCUT2D eigenvalue weighted by molar-refractivity contribution is 5.67. The lowest BCUT2D eigenvalue weighted by atomic mass is 9.78. The summed E-state index contributed by atoms with van der Waals surface area (Å²) >= 11 is 0. The standard InChI is InChI=1S/C15H16N2O3/c18-15(19)7-10-5-13(6-10)17-12-3-1-11(2-4-12)14-8-16-9-20-14/h1-4,8-10,13,17H,5-7H2,(H,18,19). The molecule has 0 atom stereocenters. The number of benzene rings is 1. The molecule has 2 N–H and O–H groups in total. The molecule has 1 saturated carbocycles. The molecule has 0 radical (unpaired) electrons. The molecule has 0 saturated heterocycles. The average Bonchev–Trinajstić information content (AvgIpc) is 2.90. The number of carbonyl (C=O) groups is 1. The highest BCUT2D eigenvalue weighted by Crippen LogP contribution is 2.33. The number of nitrogens with one attached hydrogen (secondary N) is 1. The summed E-state index contributed by atoms with van der Waals surface area (Å²) in [6.07, 6.45) is 5.23. The summed E-state index contributed by atoms with van der Waals surface area (Å²) in [4.78, 5) is 14.5. The fraction of sp³-hybridized carbons (Fsp3) is 0.333. The zero-order valence-electron chi connectivity index (χ0n) is 11.0. The van der Waals surface area contributed by atoms with Gasteiger partial charge in [-0.15, -0.1) is 0 Å². The van der Waals surface area contributed by atoms with E-state index in [9.17, 15) is 4.79 Å². The van der Waals surface area contributed by atoms with Gasteiger partial charge in [-0.05, 0) is 43.0 Å². The van der Waals surface area contributed by atoms with Crippen molar-refractivity contribution in [2.24, 2.45) is 5.92 Å². The van der Waals surface area contributed by atoms with Crippen LogP contribution in [-0.4, -0.2) is 22.1 Å². The first kappa shape index (κ1) is 12.7. The van der Waals surface area contributed by atoms with E-state index in [2.05, 4.69) is 10.3 Å². The Morgan fingerprint density at radius 3 is 2.70 bits per heavy atom. The Bertz CT molecular complexity index is 572. The Kier molecular flexibility index (Phi) is 3.41. The van der Waals surface area contributed by atoms with Crippen molar-refractivity contribution < 1.29 is 14.3 Å². The molecule has 1 aromatic heterocycles. The van der Waals surface area contributed by atoms with Gasteiger partial charge >= 0.3 is 5.97 Å². The Morgan fingerprint density at radius 1 is 1.35 bits per heavy atom. The molecule has 1 heterocycles. The molecule has 3 rings (SSSR count). The van der Waals surface area contributed by atoms with Gasteiger partial charge < -0.3 is 14.8 Å². The van der Waals surface area contributed by atoms with Crippen LogP contribution in [0.4, 0.5) is 5.69 Å². The van der Waals surface area contributed by atoms with E-state index in [-0.39, 0.29) is 6.42 Å². The van der Waals surface area contributed by atoms with E-state index in [4.69, 9.17) is 9.52 Å². The second-order valence-corrected chi connectivity index (χ2v) is 5.22. The van der Waals surface area contributed by atoms with Gasteiger partial charge in [0.15, 0.2) is 12.2 Å². The maximum atomic E-state index is 10.6. The molecule has 20 heavy (non-hydrogen) atoms. The molecule has 0 aliphatic heterocycles. The van der Waals surface area contributed by atoms with Gasteiger partial charge in [0, 0.05) is 23.7 Å². The van der Waals surface area contributed by atoms with Gasteiger partial charge in [0.25, 0.3) is 0 Å². The van der Waals surface area contributed by atoms with E-state index in [0.29, 0.717) is 12.0 Å². The lowest BCUT2D eigenvalue weighted by Crippen LogP contribution is -2.36. The molecule has 0 bridgehead atoms. The normalized spacial score (nSPS) is 21.2. The van der Waals surface area contributed by atoms with Crippen molar-refractivity contribution in [1.29, 1.82) is 0 Å². The predicted octanol–water partition coefficient (Wildman–Crippen LogP) is 3.01. The van der Waals surface area contributed by atoms with Crippen LogP contribution in [0.15, 0.2) is 41.3 Å². The topological polar surface area (TPSA) is 75.4 Å². The molecule has 104 valence electrons. The van der Waals surface area contributed by atoms with Crippen molar-refractivity contribution in [1.82, 2.24) is 4.98 Å². The van der Waals surface area contributed by atoms with E-state index >= 15 is 0 Å². The molecule has 5 heteroatoms.